The number of rotatable bonds is 3. The maximum absolute atomic E-state index is 5.98. The Morgan fingerprint density at radius 2 is 2.17 bits per heavy atom. The molecule has 7 heteroatoms. The standard InChI is InChI=1S/C17H26N4O2.HI/c1-10-13(11(2)23-21-10)9-19-16(18-3)20-14-12-5-8-22-15(12)17(14)6-4-7-17;/h12,14-15H,4-9H2,1-3H3,(H2,18,19,20);1H. The van der Waals surface area contributed by atoms with E-state index >= 15 is 0 Å². The summed E-state index contributed by atoms with van der Waals surface area (Å²) in [5.74, 6) is 2.38. The first kappa shape index (κ1) is 18.0. The van der Waals surface area contributed by atoms with E-state index in [0.29, 0.717) is 30.0 Å². The number of aromatic nitrogens is 1. The minimum Gasteiger partial charge on any atom is -0.377 e. The highest BCUT2D eigenvalue weighted by Crippen LogP contribution is 2.62. The molecule has 0 bridgehead atoms. The molecule has 2 aliphatic carbocycles. The Morgan fingerprint density at radius 1 is 1.38 bits per heavy atom. The molecule has 1 aromatic rings. The summed E-state index contributed by atoms with van der Waals surface area (Å²) in [5, 5.41) is 11.1. The average Bonchev–Trinajstić information content (AvgIpc) is 3.04. The third-order valence-electron chi connectivity index (χ3n) is 6.17. The molecule has 24 heavy (non-hydrogen) atoms. The van der Waals surface area contributed by atoms with Crippen molar-refractivity contribution in [2.75, 3.05) is 13.7 Å². The van der Waals surface area contributed by atoms with Crippen molar-refractivity contribution >= 4 is 29.9 Å². The number of guanidine groups is 1. The summed E-state index contributed by atoms with van der Waals surface area (Å²) in [6, 6.07) is 0.500. The molecular formula is C17H27IN4O2. The van der Waals surface area contributed by atoms with Crippen LogP contribution in [-0.4, -0.2) is 36.9 Å². The molecule has 1 spiro atoms. The summed E-state index contributed by atoms with van der Waals surface area (Å²) < 4.78 is 11.2. The van der Waals surface area contributed by atoms with Gasteiger partial charge in [-0.1, -0.05) is 11.6 Å². The number of halogens is 1. The quantitative estimate of drug-likeness (QED) is 0.424. The first-order chi connectivity index (χ1) is 11.2. The van der Waals surface area contributed by atoms with Gasteiger partial charge in [-0.05, 0) is 33.1 Å². The van der Waals surface area contributed by atoms with Crippen LogP contribution in [0.4, 0.5) is 0 Å². The molecule has 3 fully saturated rings. The molecule has 1 saturated heterocycles. The van der Waals surface area contributed by atoms with Gasteiger partial charge in [0.2, 0.25) is 0 Å². The lowest BCUT2D eigenvalue weighted by molar-refractivity contribution is -0.171. The number of nitrogens with zero attached hydrogens (tertiary/aromatic N) is 2. The summed E-state index contributed by atoms with van der Waals surface area (Å²) in [4.78, 5) is 4.41. The van der Waals surface area contributed by atoms with Crippen molar-refractivity contribution in [1.82, 2.24) is 15.8 Å². The van der Waals surface area contributed by atoms with Crippen molar-refractivity contribution in [1.29, 1.82) is 0 Å². The van der Waals surface area contributed by atoms with Crippen LogP contribution in [-0.2, 0) is 11.3 Å². The summed E-state index contributed by atoms with van der Waals surface area (Å²) in [6.07, 6.45) is 5.55. The highest BCUT2D eigenvalue weighted by Gasteiger charge is 2.66. The van der Waals surface area contributed by atoms with Crippen LogP contribution in [0.25, 0.3) is 0 Å². The number of aryl methyl sites for hydroxylation is 2. The fourth-order valence-electron chi connectivity index (χ4n) is 4.72. The Balaban J connectivity index is 0.00000169. The van der Waals surface area contributed by atoms with E-state index in [1.807, 2.05) is 20.9 Å². The van der Waals surface area contributed by atoms with Crippen LogP contribution < -0.4 is 10.6 Å². The van der Waals surface area contributed by atoms with Gasteiger partial charge in [0.25, 0.3) is 0 Å². The largest absolute Gasteiger partial charge is 0.377 e. The van der Waals surface area contributed by atoms with Crippen LogP contribution in [0, 0.1) is 25.2 Å². The van der Waals surface area contributed by atoms with Crippen molar-refractivity contribution in [3.8, 4) is 0 Å². The zero-order chi connectivity index (χ0) is 16.0. The van der Waals surface area contributed by atoms with Gasteiger partial charge in [-0.3, -0.25) is 4.99 Å². The number of ether oxygens (including phenoxy) is 1. The maximum Gasteiger partial charge on any atom is 0.191 e. The minimum atomic E-state index is 0. The van der Waals surface area contributed by atoms with Gasteiger partial charge in [0.1, 0.15) is 5.76 Å². The Kier molecular flexibility index (Phi) is 5.11. The fraction of sp³-hybridized carbons (Fsp3) is 0.765. The smallest absolute Gasteiger partial charge is 0.191 e. The summed E-state index contributed by atoms with van der Waals surface area (Å²) >= 11 is 0. The SMILES string of the molecule is CN=C(NCc1c(C)noc1C)NC1C2CCOC2C12CCC2.I. The monoisotopic (exact) mass is 446 g/mol. The lowest BCUT2D eigenvalue weighted by Gasteiger charge is -2.63. The molecule has 3 aliphatic rings. The third kappa shape index (κ3) is 2.64. The molecule has 0 aromatic carbocycles. The summed E-state index contributed by atoms with van der Waals surface area (Å²) in [5.41, 5.74) is 2.41. The third-order valence-corrected chi connectivity index (χ3v) is 6.17. The van der Waals surface area contributed by atoms with Crippen LogP contribution in [0.3, 0.4) is 0 Å². The van der Waals surface area contributed by atoms with Gasteiger partial charge in [0.15, 0.2) is 5.96 Å². The molecular weight excluding hydrogens is 419 g/mol. The molecule has 0 amide bonds. The predicted octanol–water partition coefficient (Wildman–Crippen LogP) is 2.53. The molecule has 2 N–H and O–H groups in total. The molecule has 0 radical (unpaired) electrons. The lowest BCUT2D eigenvalue weighted by atomic mass is 9.46. The number of hydrogen-bond donors (Lipinski definition) is 2. The second kappa shape index (κ2) is 6.82. The normalized spacial score (nSPS) is 30.1. The Hall–Kier alpha value is -0.830. The molecule has 6 nitrogen and oxygen atoms in total. The number of fused-ring (bicyclic) bond motifs is 2. The molecule has 2 saturated carbocycles. The van der Waals surface area contributed by atoms with E-state index < -0.39 is 0 Å². The van der Waals surface area contributed by atoms with Crippen molar-refractivity contribution in [2.24, 2.45) is 16.3 Å². The second-order valence-electron chi connectivity index (χ2n) is 7.18. The average molecular weight is 446 g/mol. The van der Waals surface area contributed by atoms with E-state index in [1.54, 1.807) is 0 Å². The minimum absolute atomic E-state index is 0. The lowest BCUT2D eigenvalue weighted by Crippen LogP contribution is -2.72. The van der Waals surface area contributed by atoms with E-state index in [1.165, 1.54) is 25.7 Å². The molecule has 2 heterocycles. The Bertz CT molecular complexity index is 607. The summed E-state index contributed by atoms with van der Waals surface area (Å²) in [6.45, 7) is 5.52. The van der Waals surface area contributed by atoms with Gasteiger partial charge in [0, 0.05) is 43.1 Å². The van der Waals surface area contributed by atoms with Gasteiger partial charge in [0.05, 0.1) is 11.8 Å². The van der Waals surface area contributed by atoms with Crippen molar-refractivity contribution in [3.63, 3.8) is 0 Å². The highest BCUT2D eigenvalue weighted by atomic mass is 127. The first-order valence-corrected chi connectivity index (χ1v) is 8.66. The van der Waals surface area contributed by atoms with Crippen LogP contribution in [0.15, 0.2) is 9.52 Å². The number of hydrogen-bond acceptors (Lipinski definition) is 4. The number of nitrogens with one attached hydrogen (secondary N) is 2. The van der Waals surface area contributed by atoms with Gasteiger partial charge in [-0.15, -0.1) is 24.0 Å². The van der Waals surface area contributed by atoms with Gasteiger partial charge in [-0.25, -0.2) is 0 Å². The van der Waals surface area contributed by atoms with E-state index in [2.05, 4.69) is 20.8 Å². The summed E-state index contributed by atoms with van der Waals surface area (Å²) in [7, 11) is 1.83. The van der Waals surface area contributed by atoms with Crippen molar-refractivity contribution < 1.29 is 9.26 Å². The Labute approximate surface area is 160 Å². The van der Waals surface area contributed by atoms with Crippen LogP contribution in [0.1, 0.15) is 42.7 Å². The molecule has 3 atom stereocenters. The molecule has 3 unspecified atom stereocenters. The van der Waals surface area contributed by atoms with Crippen LogP contribution in [0.2, 0.25) is 0 Å². The second-order valence-corrected chi connectivity index (χ2v) is 7.18. The molecule has 134 valence electrons. The van der Waals surface area contributed by atoms with Gasteiger partial charge < -0.3 is 19.9 Å². The maximum atomic E-state index is 5.98. The predicted molar refractivity (Wildman–Crippen MR) is 103 cm³/mol. The van der Waals surface area contributed by atoms with E-state index in [0.717, 1.165) is 29.6 Å². The van der Waals surface area contributed by atoms with E-state index in [4.69, 9.17) is 9.26 Å². The van der Waals surface area contributed by atoms with Gasteiger partial charge >= 0.3 is 0 Å². The highest BCUT2D eigenvalue weighted by molar-refractivity contribution is 14.0. The molecule has 4 rings (SSSR count). The van der Waals surface area contributed by atoms with E-state index in [9.17, 15) is 0 Å². The molecule has 1 aromatic heterocycles. The zero-order valence-corrected chi connectivity index (χ0v) is 16.9. The Morgan fingerprint density at radius 3 is 2.75 bits per heavy atom. The van der Waals surface area contributed by atoms with Crippen LogP contribution >= 0.6 is 24.0 Å². The van der Waals surface area contributed by atoms with Crippen molar-refractivity contribution in [2.45, 2.75) is 58.2 Å². The number of aliphatic imine (C=N–C) groups is 1. The first-order valence-electron chi connectivity index (χ1n) is 8.66. The molecule has 1 aliphatic heterocycles. The van der Waals surface area contributed by atoms with Gasteiger partial charge in [-0.2, -0.15) is 0 Å². The van der Waals surface area contributed by atoms with E-state index in [-0.39, 0.29) is 24.0 Å². The fourth-order valence-corrected chi connectivity index (χ4v) is 4.72. The zero-order valence-electron chi connectivity index (χ0n) is 14.6. The van der Waals surface area contributed by atoms with Crippen LogP contribution in [0.5, 0.6) is 0 Å². The van der Waals surface area contributed by atoms with Crippen molar-refractivity contribution in [3.05, 3.63) is 17.0 Å². The topological polar surface area (TPSA) is 71.7 Å².